The van der Waals surface area contributed by atoms with E-state index in [-0.39, 0.29) is 12.5 Å². The molecule has 0 aliphatic carbocycles. The highest BCUT2D eigenvalue weighted by molar-refractivity contribution is 6.04. The lowest BCUT2D eigenvalue weighted by Gasteiger charge is -2.15. The van der Waals surface area contributed by atoms with Crippen molar-refractivity contribution in [2.45, 2.75) is 39.5 Å². The van der Waals surface area contributed by atoms with E-state index in [9.17, 15) is 9.59 Å². The second-order valence-electron chi connectivity index (χ2n) is 6.04. The first kappa shape index (κ1) is 18.0. The third kappa shape index (κ3) is 4.85. The van der Waals surface area contributed by atoms with Gasteiger partial charge in [0.25, 0.3) is 5.91 Å². The van der Waals surface area contributed by atoms with Crippen LogP contribution in [0.15, 0.2) is 30.5 Å². The highest BCUT2D eigenvalue weighted by Gasteiger charge is 2.15. The monoisotopic (exact) mass is 330 g/mol. The highest BCUT2D eigenvalue weighted by Crippen LogP contribution is 2.18. The van der Waals surface area contributed by atoms with Crippen molar-refractivity contribution in [1.29, 1.82) is 0 Å². The largest absolute Gasteiger partial charge is 0.452 e. The normalized spacial score (nSPS) is 12.1. The van der Waals surface area contributed by atoms with Crippen molar-refractivity contribution >= 4 is 22.8 Å². The van der Waals surface area contributed by atoms with Crippen LogP contribution in [0.3, 0.4) is 0 Å². The first-order valence-electron chi connectivity index (χ1n) is 8.65. The summed E-state index contributed by atoms with van der Waals surface area (Å²) in [5.41, 5.74) is 1.32. The molecule has 0 radical (unpaired) electrons. The van der Waals surface area contributed by atoms with Gasteiger partial charge in [-0.1, -0.05) is 51.3 Å². The number of benzene rings is 1. The summed E-state index contributed by atoms with van der Waals surface area (Å²) in [5.74, 6) is -0.253. The lowest BCUT2D eigenvalue weighted by molar-refractivity contribution is -0.124. The Hall–Kier alpha value is -2.30. The maximum absolute atomic E-state index is 12.1. The number of aromatic nitrogens is 1. The van der Waals surface area contributed by atoms with Gasteiger partial charge in [0.05, 0.1) is 5.56 Å². The Labute approximate surface area is 142 Å². The highest BCUT2D eigenvalue weighted by atomic mass is 16.5. The Bertz CT molecular complexity index is 678. The number of esters is 1. The van der Waals surface area contributed by atoms with E-state index >= 15 is 0 Å². The van der Waals surface area contributed by atoms with Crippen LogP contribution >= 0.6 is 0 Å². The number of nitrogens with one attached hydrogen (secondary N) is 2. The van der Waals surface area contributed by atoms with E-state index < -0.39 is 5.97 Å². The molecule has 0 spiro atoms. The Morgan fingerprint density at radius 2 is 2.04 bits per heavy atom. The fraction of sp³-hybridized carbons (Fsp3) is 0.474. The van der Waals surface area contributed by atoms with Crippen molar-refractivity contribution < 1.29 is 14.3 Å². The molecule has 1 aromatic heterocycles. The maximum Gasteiger partial charge on any atom is 0.340 e. The summed E-state index contributed by atoms with van der Waals surface area (Å²) >= 11 is 0. The van der Waals surface area contributed by atoms with Gasteiger partial charge in [0.1, 0.15) is 0 Å². The molecule has 0 fully saturated rings. The summed E-state index contributed by atoms with van der Waals surface area (Å²) in [7, 11) is 0. The first-order chi connectivity index (χ1) is 11.7. The molecule has 2 rings (SSSR count). The first-order valence-corrected chi connectivity index (χ1v) is 8.65. The molecule has 130 valence electrons. The number of hydrogen-bond acceptors (Lipinski definition) is 3. The lowest BCUT2D eigenvalue weighted by atomic mass is 9.99. The number of unbranched alkanes of at least 4 members (excludes halogenated alkanes) is 1. The van der Waals surface area contributed by atoms with Crippen LogP contribution in [0.1, 0.15) is 49.9 Å². The molecular weight excluding hydrogens is 304 g/mol. The van der Waals surface area contributed by atoms with Crippen molar-refractivity contribution in [3.05, 3.63) is 36.0 Å². The summed E-state index contributed by atoms with van der Waals surface area (Å²) in [6.07, 6.45) is 6.09. The lowest BCUT2D eigenvalue weighted by Crippen LogP contribution is -2.32. The number of carbonyl (C=O) groups is 2. The van der Waals surface area contributed by atoms with Crippen molar-refractivity contribution in [1.82, 2.24) is 10.3 Å². The molecule has 5 heteroatoms. The van der Waals surface area contributed by atoms with Crippen LogP contribution in [0.25, 0.3) is 10.9 Å². The van der Waals surface area contributed by atoms with Crippen LogP contribution in [-0.2, 0) is 9.53 Å². The minimum atomic E-state index is -0.486. The minimum Gasteiger partial charge on any atom is -0.452 e. The molecule has 0 aliphatic heterocycles. The van der Waals surface area contributed by atoms with E-state index in [4.69, 9.17) is 4.74 Å². The maximum atomic E-state index is 12.1. The molecule has 24 heavy (non-hydrogen) atoms. The molecule has 1 atom stereocenters. The summed E-state index contributed by atoms with van der Waals surface area (Å²) in [6, 6.07) is 7.49. The van der Waals surface area contributed by atoms with Gasteiger partial charge in [0.2, 0.25) is 0 Å². The number of H-pyrrole nitrogens is 1. The van der Waals surface area contributed by atoms with Gasteiger partial charge >= 0.3 is 5.97 Å². The minimum absolute atomic E-state index is 0.247. The van der Waals surface area contributed by atoms with Gasteiger partial charge in [-0.25, -0.2) is 4.79 Å². The van der Waals surface area contributed by atoms with E-state index in [1.54, 1.807) is 6.20 Å². The van der Waals surface area contributed by atoms with Crippen molar-refractivity contribution in [3.8, 4) is 0 Å². The van der Waals surface area contributed by atoms with Crippen molar-refractivity contribution in [3.63, 3.8) is 0 Å². The molecule has 0 saturated carbocycles. The number of carbonyl (C=O) groups excluding carboxylic acids is 2. The fourth-order valence-electron chi connectivity index (χ4n) is 2.70. The Balaban J connectivity index is 1.80. The van der Waals surface area contributed by atoms with Gasteiger partial charge in [-0.15, -0.1) is 0 Å². The van der Waals surface area contributed by atoms with E-state index in [2.05, 4.69) is 24.1 Å². The zero-order chi connectivity index (χ0) is 17.4. The van der Waals surface area contributed by atoms with Crippen LogP contribution in [-0.4, -0.2) is 30.0 Å². The van der Waals surface area contributed by atoms with E-state index in [1.165, 1.54) is 6.42 Å². The molecular formula is C19H26N2O3. The molecule has 0 saturated heterocycles. The van der Waals surface area contributed by atoms with Crippen LogP contribution in [0.2, 0.25) is 0 Å². The quantitative estimate of drug-likeness (QED) is 0.689. The van der Waals surface area contributed by atoms with E-state index in [1.807, 2.05) is 24.3 Å². The third-order valence-electron chi connectivity index (χ3n) is 4.27. The van der Waals surface area contributed by atoms with E-state index in [0.717, 1.165) is 30.2 Å². The number of ether oxygens (including phenoxy) is 1. The number of aromatic amines is 1. The molecule has 1 amide bonds. The SMILES string of the molecule is CCCC[C@H](CC)CNC(=O)COC(=O)c1c[nH]c2ccccc12. The summed E-state index contributed by atoms with van der Waals surface area (Å²) in [5, 5.41) is 3.66. The average Bonchev–Trinajstić information content (AvgIpc) is 3.04. The number of rotatable bonds is 9. The van der Waals surface area contributed by atoms with Gasteiger partial charge in [0, 0.05) is 23.6 Å². The molecule has 0 aliphatic rings. The number of fused-ring (bicyclic) bond motifs is 1. The summed E-state index contributed by atoms with van der Waals surface area (Å²) in [4.78, 5) is 27.0. The van der Waals surface area contributed by atoms with Gasteiger partial charge in [0.15, 0.2) is 6.61 Å². The molecule has 0 bridgehead atoms. The summed E-state index contributed by atoms with van der Waals surface area (Å²) < 4.78 is 5.13. The van der Waals surface area contributed by atoms with Gasteiger partial charge in [-0.2, -0.15) is 0 Å². The van der Waals surface area contributed by atoms with Crippen LogP contribution in [0.4, 0.5) is 0 Å². The van der Waals surface area contributed by atoms with Gasteiger partial charge in [-0.05, 0) is 18.4 Å². The standard InChI is InChI=1S/C19H26N2O3/c1-3-5-8-14(4-2)11-21-18(22)13-24-19(23)16-12-20-17-10-7-6-9-15(16)17/h6-7,9-10,12,14,20H,3-5,8,11,13H2,1-2H3,(H,21,22)/t14-/m0/s1. The molecule has 0 unspecified atom stereocenters. The Morgan fingerprint density at radius 1 is 1.25 bits per heavy atom. The van der Waals surface area contributed by atoms with Gasteiger partial charge < -0.3 is 15.0 Å². The molecule has 5 nitrogen and oxygen atoms in total. The van der Waals surface area contributed by atoms with Crippen molar-refractivity contribution in [2.24, 2.45) is 5.92 Å². The second kappa shape index (κ2) is 9.11. The predicted molar refractivity (Wildman–Crippen MR) is 94.9 cm³/mol. The molecule has 2 N–H and O–H groups in total. The molecule has 1 heterocycles. The van der Waals surface area contributed by atoms with Crippen LogP contribution < -0.4 is 5.32 Å². The van der Waals surface area contributed by atoms with Crippen LogP contribution in [0.5, 0.6) is 0 Å². The predicted octanol–water partition coefficient (Wildman–Crippen LogP) is 3.66. The second-order valence-corrected chi connectivity index (χ2v) is 6.04. The number of hydrogen-bond donors (Lipinski definition) is 2. The molecule has 2 aromatic rings. The van der Waals surface area contributed by atoms with Gasteiger partial charge in [-0.3, -0.25) is 4.79 Å². The van der Waals surface area contributed by atoms with E-state index in [0.29, 0.717) is 18.0 Å². The van der Waals surface area contributed by atoms with Crippen LogP contribution in [0, 0.1) is 5.92 Å². The number of para-hydroxylation sites is 1. The smallest absolute Gasteiger partial charge is 0.340 e. The zero-order valence-electron chi connectivity index (χ0n) is 14.4. The van der Waals surface area contributed by atoms with Crippen molar-refractivity contribution in [2.75, 3.05) is 13.2 Å². The Kier molecular flexibility index (Phi) is 6.85. The third-order valence-corrected chi connectivity index (χ3v) is 4.27. The number of amides is 1. The fourth-order valence-corrected chi connectivity index (χ4v) is 2.70. The zero-order valence-corrected chi connectivity index (χ0v) is 14.4. The molecule has 1 aromatic carbocycles. The summed E-state index contributed by atoms with van der Waals surface area (Å²) in [6.45, 7) is 4.68. The Morgan fingerprint density at radius 3 is 2.79 bits per heavy atom. The topological polar surface area (TPSA) is 71.2 Å². The average molecular weight is 330 g/mol.